The highest BCUT2D eigenvalue weighted by Gasteiger charge is 2.26. The Kier molecular flexibility index (Phi) is 5.91. The maximum absolute atomic E-state index is 10.9. The Balaban J connectivity index is 1.83. The predicted molar refractivity (Wildman–Crippen MR) is 86.0 cm³/mol. The number of hydrogen-bond donors (Lipinski definition) is 2. The first-order valence-electron chi connectivity index (χ1n) is 7.39. The number of halogens is 2. The van der Waals surface area contributed by atoms with Crippen molar-refractivity contribution in [1.82, 2.24) is 5.32 Å². The number of carbonyl (C=O) groups is 1. The second-order valence-corrected chi connectivity index (χ2v) is 6.61. The summed E-state index contributed by atoms with van der Waals surface area (Å²) >= 11 is 12.3. The van der Waals surface area contributed by atoms with Gasteiger partial charge < -0.3 is 10.4 Å². The lowest BCUT2D eigenvalue weighted by Gasteiger charge is -2.27. The third kappa shape index (κ3) is 4.35. The molecule has 0 heterocycles. The molecular weight excluding hydrogens is 309 g/mol. The third-order valence-corrected chi connectivity index (χ3v) is 5.19. The topological polar surface area (TPSA) is 49.3 Å². The third-order valence-electron chi connectivity index (χ3n) is 4.36. The second kappa shape index (κ2) is 7.48. The fourth-order valence-corrected chi connectivity index (χ4v) is 3.39. The molecule has 0 aromatic heterocycles. The van der Waals surface area contributed by atoms with E-state index in [2.05, 4.69) is 12.2 Å². The van der Waals surface area contributed by atoms with Crippen molar-refractivity contribution >= 4 is 29.2 Å². The normalized spacial score (nSPS) is 23.8. The average molecular weight is 330 g/mol. The van der Waals surface area contributed by atoms with Crippen LogP contribution < -0.4 is 5.32 Å². The van der Waals surface area contributed by atoms with Crippen LogP contribution >= 0.6 is 23.2 Å². The molecule has 0 saturated heterocycles. The van der Waals surface area contributed by atoms with Crippen LogP contribution in [-0.2, 0) is 4.79 Å². The zero-order valence-corrected chi connectivity index (χ0v) is 13.6. The molecule has 1 aliphatic rings. The molecule has 1 aromatic rings. The summed E-state index contributed by atoms with van der Waals surface area (Å²) in [4.78, 5) is 10.9. The van der Waals surface area contributed by atoms with E-state index in [9.17, 15) is 4.79 Å². The number of aliphatic carboxylic acids is 1. The molecule has 3 nitrogen and oxygen atoms in total. The molecule has 1 aromatic carbocycles. The summed E-state index contributed by atoms with van der Waals surface area (Å²) in [6, 6.07) is 5.80. The quantitative estimate of drug-likeness (QED) is 0.833. The van der Waals surface area contributed by atoms with E-state index in [-0.39, 0.29) is 12.0 Å². The SMILES string of the molecule is CC(NCC1CCC(C(=O)O)CC1)c1cccc(Cl)c1Cl. The number of benzene rings is 1. The van der Waals surface area contributed by atoms with E-state index in [1.54, 1.807) is 6.07 Å². The van der Waals surface area contributed by atoms with Gasteiger partial charge in [0.25, 0.3) is 0 Å². The van der Waals surface area contributed by atoms with E-state index in [1.807, 2.05) is 12.1 Å². The van der Waals surface area contributed by atoms with Crippen molar-refractivity contribution in [3.63, 3.8) is 0 Å². The van der Waals surface area contributed by atoms with Crippen LogP contribution in [0.25, 0.3) is 0 Å². The first-order valence-corrected chi connectivity index (χ1v) is 8.14. The number of carboxylic acid groups (broad SMARTS) is 1. The first kappa shape index (κ1) is 16.6. The van der Waals surface area contributed by atoms with E-state index >= 15 is 0 Å². The van der Waals surface area contributed by atoms with Crippen LogP contribution in [-0.4, -0.2) is 17.6 Å². The largest absolute Gasteiger partial charge is 0.481 e. The fraction of sp³-hybridized carbons (Fsp3) is 0.562. The van der Waals surface area contributed by atoms with E-state index < -0.39 is 5.97 Å². The Labute approximate surface area is 135 Å². The molecule has 0 bridgehead atoms. The minimum Gasteiger partial charge on any atom is -0.481 e. The molecule has 0 aliphatic heterocycles. The van der Waals surface area contributed by atoms with Gasteiger partial charge in [-0.25, -0.2) is 0 Å². The highest BCUT2D eigenvalue weighted by atomic mass is 35.5. The fourth-order valence-electron chi connectivity index (χ4n) is 2.92. The molecule has 1 aliphatic carbocycles. The van der Waals surface area contributed by atoms with Gasteiger partial charge in [-0.15, -0.1) is 0 Å². The van der Waals surface area contributed by atoms with Gasteiger partial charge in [0.05, 0.1) is 16.0 Å². The standard InChI is InChI=1S/C16H21Cl2NO2/c1-10(13-3-2-4-14(17)15(13)18)19-9-11-5-7-12(8-6-11)16(20)21/h2-4,10-12,19H,5-9H2,1H3,(H,20,21). The van der Waals surface area contributed by atoms with Crippen LogP contribution in [0.2, 0.25) is 10.0 Å². The van der Waals surface area contributed by atoms with Crippen LogP contribution in [0.3, 0.4) is 0 Å². The van der Waals surface area contributed by atoms with Crippen molar-refractivity contribution in [3.05, 3.63) is 33.8 Å². The van der Waals surface area contributed by atoms with E-state index in [0.717, 1.165) is 37.8 Å². The highest BCUT2D eigenvalue weighted by molar-refractivity contribution is 6.42. The molecule has 1 atom stereocenters. The monoisotopic (exact) mass is 329 g/mol. The molecule has 2 rings (SSSR count). The summed E-state index contributed by atoms with van der Waals surface area (Å²) < 4.78 is 0. The molecule has 0 amide bonds. The zero-order chi connectivity index (χ0) is 15.4. The van der Waals surface area contributed by atoms with E-state index in [0.29, 0.717) is 16.0 Å². The smallest absolute Gasteiger partial charge is 0.306 e. The Morgan fingerprint density at radius 2 is 2.00 bits per heavy atom. The Hall–Kier alpha value is -0.770. The summed E-state index contributed by atoms with van der Waals surface area (Å²) in [7, 11) is 0. The maximum Gasteiger partial charge on any atom is 0.306 e. The van der Waals surface area contributed by atoms with Gasteiger partial charge in [0, 0.05) is 6.04 Å². The average Bonchev–Trinajstić information content (AvgIpc) is 2.48. The van der Waals surface area contributed by atoms with Crippen LogP contribution in [0, 0.1) is 11.8 Å². The van der Waals surface area contributed by atoms with Gasteiger partial charge in [-0.1, -0.05) is 35.3 Å². The van der Waals surface area contributed by atoms with Crippen molar-refractivity contribution in [1.29, 1.82) is 0 Å². The zero-order valence-electron chi connectivity index (χ0n) is 12.1. The Bertz CT molecular complexity index is 499. The second-order valence-electron chi connectivity index (χ2n) is 5.83. The Morgan fingerprint density at radius 3 is 2.62 bits per heavy atom. The van der Waals surface area contributed by atoms with Crippen molar-refractivity contribution in [3.8, 4) is 0 Å². The lowest BCUT2D eigenvalue weighted by molar-refractivity contribution is -0.143. The van der Waals surface area contributed by atoms with Gasteiger partial charge in [-0.3, -0.25) is 4.79 Å². The van der Waals surface area contributed by atoms with Gasteiger partial charge in [0.1, 0.15) is 0 Å². The van der Waals surface area contributed by atoms with Gasteiger partial charge >= 0.3 is 5.97 Å². The summed E-state index contributed by atoms with van der Waals surface area (Å²) in [6.45, 7) is 2.96. The number of carboxylic acids is 1. The molecule has 5 heteroatoms. The summed E-state index contributed by atoms with van der Waals surface area (Å²) in [5.74, 6) is -0.262. The number of hydrogen-bond acceptors (Lipinski definition) is 2. The number of rotatable bonds is 5. The molecule has 1 saturated carbocycles. The molecule has 2 N–H and O–H groups in total. The van der Waals surface area contributed by atoms with Crippen molar-refractivity contribution in [2.75, 3.05) is 6.54 Å². The lowest BCUT2D eigenvalue weighted by Crippen LogP contribution is -2.30. The predicted octanol–water partition coefficient (Wildman–Crippen LogP) is 4.54. The summed E-state index contributed by atoms with van der Waals surface area (Å²) in [6.07, 6.45) is 3.52. The van der Waals surface area contributed by atoms with Gasteiger partial charge in [0.2, 0.25) is 0 Å². The van der Waals surface area contributed by atoms with Crippen LogP contribution in [0.15, 0.2) is 18.2 Å². The molecule has 1 fully saturated rings. The van der Waals surface area contributed by atoms with Crippen LogP contribution in [0.1, 0.15) is 44.2 Å². The summed E-state index contributed by atoms with van der Waals surface area (Å²) in [5.41, 5.74) is 1.00. The molecular formula is C16H21Cl2NO2. The molecule has 21 heavy (non-hydrogen) atoms. The first-order chi connectivity index (χ1) is 9.99. The minimum absolute atomic E-state index is 0.133. The minimum atomic E-state index is -0.652. The van der Waals surface area contributed by atoms with Crippen LogP contribution in [0.4, 0.5) is 0 Å². The van der Waals surface area contributed by atoms with Gasteiger partial charge in [0.15, 0.2) is 0 Å². The molecule has 116 valence electrons. The molecule has 0 radical (unpaired) electrons. The van der Waals surface area contributed by atoms with Gasteiger partial charge in [-0.05, 0) is 56.7 Å². The van der Waals surface area contributed by atoms with Crippen molar-refractivity contribution in [2.45, 2.75) is 38.6 Å². The van der Waals surface area contributed by atoms with Crippen molar-refractivity contribution in [2.24, 2.45) is 11.8 Å². The van der Waals surface area contributed by atoms with E-state index in [1.165, 1.54) is 0 Å². The number of nitrogens with one attached hydrogen (secondary N) is 1. The van der Waals surface area contributed by atoms with Crippen LogP contribution in [0.5, 0.6) is 0 Å². The van der Waals surface area contributed by atoms with Crippen molar-refractivity contribution < 1.29 is 9.90 Å². The lowest BCUT2D eigenvalue weighted by atomic mass is 9.82. The highest BCUT2D eigenvalue weighted by Crippen LogP contribution is 2.31. The molecule has 1 unspecified atom stereocenters. The molecule has 0 spiro atoms. The van der Waals surface area contributed by atoms with E-state index in [4.69, 9.17) is 28.3 Å². The van der Waals surface area contributed by atoms with Gasteiger partial charge in [-0.2, -0.15) is 0 Å². The maximum atomic E-state index is 10.9. The summed E-state index contributed by atoms with van der Waals surface area (Å²) in [5, 5.41) is 13.7. The Morgan fingerprint density at radius 1 is 1.33 bits per heavy atom.